The molecule has 0 radical (unpaired) electrons. The highest BCUT2D eigenvalue weighted by atomic mass is 32.2. The zero-order chi connectivity index (χ0) is 16.5. The Balaban J connectivity index is 2.04. The second-order valence-corrected chi connectivity index (χ2v) is 6.68. The number of rotatable bonds is 4. The molecule has 5 nitrogen and oxygen atoms in total. The number of para-hydroxylation sites is 1. The summed E-state index contributed by atoms with van der Waals surface area (Å²) in [5.41, 5.74) is 1.87. The lowest BCUT2D eigenvalue weighted by Gasteiger charge is -2.11. The highest BCUT2D eigenvalue weighted by Gasteiger charge is 2.16. The molecular formula is C18H16N4OS. The van der Waals surface area contributed by atoms with Crippen LogP contribution in [0, 0.1) is 0 Å². The van der Waals surface area contributed by atoms with E-state index in [4.69, 9.17) is 0 Å². The molecular weight excluding hydrogens is 320 g/mol. The molecule has 2 aromatic carbocycles. The number of hydrogen-bond donors (Lipinski definition) is 0. The number of benzene rings is 2. The fourth-order valence-corrected chi connectivity index (χ4v) is 3.53. The van der Waals surface area contributed by atoms with Gasteiger partial charge in [0.25, 0.3) is 5.56 Å². The fourth-order valence-electron chi connectivity index (χ4n) is 2.86. The zero-order valence-electron chi connectivity index (χ0n) is 13.2. The molecule has 0 fully saturated rings. The first-order chi connectivity index (χ1) is 11.8. The van der Waals surface area contributed by atoms with Gasteiger partial charge in [-0.2, -0.15) is 0 Å². The molecule has 0 N–H and O–H groups in total. The Morgan fingerprint density at radius 2 is 1.75 bits per heavy atom. The van der Waals surface area contributed by atoms with Crippen LogP contribution in [0.2, 0.25) is 0 Å². The van der Waals surface area contributed by atoms with Crippen molar-refractivity contribution in [1.82, 2.24) is 19.2 Å². The predicted octanol–water partition coefficient (Wildman–Crippen LogP) is 3.20. The normalized spacial score (nSPS) is 11.4. The highest BCUT2D eigenvalue weighted by Crippen LogP contribution is 2.21. The number of nitrogens with zero attached hydrogens (tertiary/aromatic N) is 4. The maximum atomic E-state index is 13.0. The SMILES string of the molecule is CCSc1nnc2n(Cc3ccccc3)c(=O)c3ccccc3n12. The van der Waals surface area contributed by atoms with Crippen LogP contribution in [-0.2, 0) is 6.54 Å². The quantitative estimate of drug-likeness (QED) is 0.537. The van der Waals surface area contributed by atoms with Gasteiger partial charge < -0.3 is 0 Å². The average Bonchev–Trinajstić information content (AvgIpc) is 3.04. The summed E-state index contributed by atoms with van der Waals surface area (Å²) in [5.74, 6) is 1.48. The Morgan fingerprint density at radius 1 is 1.00 bits per heavy atom. The van der Waals surface area contributed by atoms with E-state index in [1.54, 1.807) is 16.3 Å². The topological polar surface area (TPSA) is 52.2 Å². The molecule has 0 spiro atoms. The zero-order valence-corrected chi connectivity index (χ0v) is 14.0. The van der Waals surface area contributed by atoms with Crippen molar-refractivity contribution in [3.8, 4) is 0 Å². The third-order valence-electron chi connectivity index (χ3n) is 3.94. The van der Waals surface area contributed by atoms with Crippen molar-refractivity contribution in [2.45, 2.75) is 18.6 Å². The van der Waals surface area contributed by atoms with Crippen molar-refractivity contribution in [3.63, 3.8) is 0 Å². The van der Waals surface area contributed by atoms with Crippen molar-refractivity contribution in [2.75, 3.05) is 5.75 Å². The second kappa shape index (κ2) is 6.13. The molecule has 0 atom stereocenters. The third-order valence-corrected chi connectivity index (χ3v) is 4.75. The molecule has 0 unspecified atom stereocenters. The standard InChI is InChI=1S/C18H16N4OS/c1-2-24-18-20-19-17-21(12-13-8-4-3-5-9-13)16(23)14-10-6-7-11-15(14)22(17)18/h3-11H,2,12H2,1H3. The summed E-state index contributed by atoms with van der Waals surface area (Å²) in [6, 6.07) is 17.6. The molecule has 120 valence electrons. The van der Waals surface area contributed by atoms with Gasteiger partial charge in [-0.05, 0) is 23.4 Å². The molecule has 4 aromatic rings. The van der Waals surface area contributed by atoms with Crippen LogP contribution in [0.3, 0.4) is 0 Å². The molecule has 0 saturated heterocycles. The molecule has 0 aliphatic heterocycles. The lowest BCUT2D eigenvalue weighted by atomic mass is 10.2. The number of hydrogen-bond acceptors (Lipinski definition) is 4. The van der Waals surface area contributed by atoms with Crippen molar-refractivity contribution in [1.29, 1.82) is 0 Å². The largest absolute Gasteiger partial charge is 0.272 e. The first-order valence-corrected chi connectivity index (χ1v) is 8.81. The van der Waals surface area contributed by atoms with Crippen LogP contribution in [-0.4, -0.2) is 24.9 Å². The molecule has 0 amide bonds. The van der Waals surface area contributed by atoms with E-state index in [0.29, 0.717) is 17.7 Å². The van der Waals surface area contributed by atoms with Gasteiger partial charge in [0.05, 0.1) is 17.4 Å². The van der Waals surface area contributed by atoms with Gasteiger partial charge in [-0.1, -0.05) is 61.2 Å². The van der Waals surface area contributed by atoms with Gasteiger partial charge in [0.15, 0.2) is 5.16 Å². The molecule has 24 heavy (non-hydrogen) atoms. The van der Waals surface area contributed by atoms with Crippen LogP contribution >= 0.6 is 11.8 Å². The molecule has 0 saturated carbocycles. The molecule has 0 aliphatic rings. The van der Waals surface area contributed by atoms with E-state index in [1.807, 2.05) is 59.0 Å². The van der Waals surface area contributed by atoms with Crippen LogP contribution < -0.4 is 5.56 Å². The van der Waals surface area contributed by atoms with E-state index >= 15 is 0 Å². The summed E-state index contributed by atoms with van der Waals surface area (Å²) in [5, 5.41) is 10.1. The van der Waals surface area contributed by atoms with Crippen LogP contribution in [0.4, 0.5) is 0 Å². The second-order valence-electron chi connectivity index (χ2n) is 5.45. The summed E-state index contributed by atoms with van der Waals surface area (Å²) in [7, 11) is 0. The molecule has 2 heterocycles. The van der Waals surface area contributed by atoms with Crippen molar-refractivity contribution in [2.24, 2.45) is 0 Å². The van der Waals surface area contributed by atoms with E-state index in [2.05, 4.69) is 17.1 Å². The Morgan fingerprint density at radius 3 is 2.54 bits per heavy atom. The summed E-state index contributed by atoms with van der Waals surface area (Å²) in [6.45, 7) is 2.55. The van der Waals surface area contributed by atoms with Crippen LogP contribution in [0.1, 0.15) is 12.5 Å². The van der Waals surface area contributed by atoms with Gasteiger partial charge in [0, 0.05) is 0 Å². The van der Waals surface area contributed by atoms with Gasteiger partial charge in [0.2, 0.25) is 5.78 Å². The molecule has 0 bridgehead atoms. The monoisotopic (exact) mass is 336 g/mol. The molecule has 6 heteroatoms. The Bertz CT molecular complexity index is 1070. The first-order valence-electron chi connectivity index (χ1n) is 7.83. The van der Waals surface area contributed by atoms with E-state index < -0.39 is 0 Å². The minimum Gasteiger partial charge on any atom is -0.272 e. The Labute approximate surface area is 143 Å². The van der Waals surface area contributed by atoms with E-state index in [9.17, 15) is 4.79 Å². The van der Waals surface area contributed by atoms with Gasteiger partial charge in [-0.15, -0.1) is 10.2 Å². The molecule has 4 rings (SSSR count). The van der Waals surface area contributed by atoms with Gasteiger partial charge in [-0.25, -0.2) is 0 Å². The average molecular weight is 336 g/mol. The van der Waals surface area contributed by atoms with Gasteiger partial charge >= 0.3 is 0 Å². The maximum Gasteiger partial charge on any atom is 0.263 e. The summed E-state index contributed by atoms with van der Waals surface area (Å²) in [4.78, 5) is 13.0. The van der Waals surface area contributed by atoms with Gasteiger partial charge in [0.1, 0.15) is 0 Å². The van der Waals surface area contributed by atoms with Crippen LogP contribution in [0.5, 0.6) is 0 Å². The van der Waals surface area contributed by atoms with E-state index in [1.165, 1.54) is 0 Å². The van der Waals surface area contributed by atoms with Crippen molar-refractivity contribution < 1.29 is 0 Å². The Hall–Kier alpha value is -2.60. The summed E-state index contributed by atoms with van der Waals surface area (Å²) < 4.78 is 3.68. The Kier molecular flexibility index (Phi) is 3.82. The molecule has 2 aromatic heterocycles. The molecule has 0 aliphatic carbocycles. The predicted molar refractivity (Wildman–Crippen MR) is 96.7 cm³/mol. The van der Waals surface area contributed by atoms with Gasteiger partial charge in [-0.3, -0.25) is 13.8 Å². The smallest absolute Gasteiger partial charge is 0.263 e. The number of fused-ring (bicyclic) bond motifs is 3. The van der Waals surface area contributed by atoms with Crippen LogP contribution in [0.25, 0.3) is 16.7 Å². The lowest BCUT2D eigenvalue weighted by Crippen LogP contribution is -2.24. The third kappa shape index (κ3) is 2.39. The number of thioether (sulfide) groups is 1. The summed E-state index contributed by atoms with van der Waals surface area (Å²) >= 11 is 1.62. The summed E-state index contributed by atoms with van der Waals surface area (Å²) in [6.07, 6.45) is 0. The minimum atomic E-state index is -0.0394. The van der Waals surface area contributed by atoms with E-state index in [0.717, 1.165) is 22.0 Å². The lowest BCUT2D eigenvalue weighted by molar-refractivity contribution is 0.764. The highest BCUT2D eigenvalue weighted by molar-refractivity contribution is 7.99. The maximum absolute atomic E-state index is 13.0. The van der Waals surface area contributed by atoms with Crippen molar-refractivity contribution in [3.05, 3.63) is 70.5 Å². The minimum absolute atomic E-state index is 0.0394. The number of aromatic nitrogens is 4. The van der Waals surface area contributed by atoms with Crippen LogP contribution in [0.15, 0.2) is 64.5 Å². The fraction of sp³-hybridized carbons (Fsp3) is 0.167. The first kappa shape index (κ1) is 15.0. The van der Waals surface area contributed by atoms with E-state index in [-0.39, 0.29) is 5.56 Å². The van der Waals surface area contributed by atoms with Crippen molar-refractivity contribution >= 4 is 28.4 Å².